The van der Waals surface area contributed by atoms with Crippen molar-refractivity contribution in [2.45, 2.75) is 42.1 Å². The fraction of sp³-hybridized carbons (Fsp3) is 0.700. The highest BCUT2D eigenvalue weighted by Crippen LogP contribution is 2.59. The number of hydrogen-bond acceptors (Lipinski definition) is 4. The van der Waals surface area contributed by atoms with Gasteiger partial charge < -0.3 is 20.1 Å². The van der Waals surface area contributed by atoms with Gasteiger partial charge in [0, 0.05) is 0 Å². The highest BCUT2D eigenvalue weighted by molar-refractivity contribution is 5.60. The third-order valence-corrected chi connectivity index (χ3v) is 3.04. The molecule has 0 fully saturated rings. The normalized spacial score (nSPS) is 15.1. The Kier molecular flexibility index (Phi) is 6.72. The van der Waals surface area contributed by atoms with E-state index < -0.39 is 59.6 Å². The Morgan fingerprint density at radius 1 is 0.567 bits per heavy atom. The number of carbonyl (C=O) groups is 1. The van der Waals surface area contributed by atoms with Gasteiger partial charge in [0.15, 0.2) is 0 Å². The van der Waals surface area contributed by atoms with Crippen LogP contribution in [0.3, 0.4) is 0 Å². The van der Waals surface area contributed by atoms with Gasteiger partial charge in [0.2, 0.25) is 5.76 Å². The molecule has 30 heavy (non-hydrogen) atoms. The minimum Gasteiger partial charge on any atom is -0.449 e. The molecule has 0 heterocycles. The molecule has 0 saturated heterocycles. The zero-order valence-electron chi connectivity index (χ0n) is 12.8. The molecule has 178 valence electrons. The molecule has 0 radical (unpaired) electrons. The second-order valence-electron chi connectivity index (χ2n) is 4.98. The number of allylic oxidation sites excluding steroid dienone is 1. The Morgan fingerprint density at radius 3 is 0.933 bits per heavy atom. The molecule has 20 heteroatoms. The summed E-state index contributed by atoms with van der Waals surface area (Å²) in [6, 6.07) is 0. The van der Waals surface area contributed by atoms with Crippen LogP contribution in [0.4, 0.5) is 70.7 Å². The van der Waals surface area contributed by atoms with Crippen LogP contribution in [0.1, 0.15) is 0 Å². The average molecular weight is 488 g/mol. The number of halogens is 15. The predicted molar refractivity (Wildman–Crippen MR) is 56.3 cm³/mol. The highest BCUT2D eigenvalue weighted by atomic mass is 19.4. The smallest absolute Gasteiger partial charge is 0.449 e. The van der Waals surface area contributed by atoms with Crippen molar-refractivity contribution in [2.75, 3.05) is 0 Å². The minimum absolute atomic E-state index is 2.30. The Balaban J connectivity index is 8.26. The lowest BCUT2D eigenvalue weighted by Crippen LogP contribution is -2.70. The first-order valence-corrected chi connectivity index (χ1v) is 6.12. The van der Waals surface area contributed by atoms with E-state index in [1.807, 2.05) is 0 Å². The monoisotopic (exact) mass is 488 g/mol. The first kappa shape index (κ1) is 27.9. The van der Waals surface area contributed by atoms with Crippen LogP contribution in [0.2, 0.25) is 0 Å². The van der Waals surface area contributed by atoms with Crippen molar-refractivity contribution in [1.29, 1.82) is 0 Å². The summed E-state index contributed by atoms with van der Waals surface area (Å²) in [5.41, 5.74) is -20.9. The average Bonchev–Trinajstić information content (AvgIpc) is 2.39. The fourth-order valence-electron chi connectivity index (χ4n) is 1.82. The van der Waals surface area contributed by atoms with Crippen molar-refractivity contribution >= 4 is 6.16 Å². The van der Waals surface area contributed by atoms with E-state index in [0.717, 1.165) is 0 Å². The van der Waals surface area contributed by atoms with Crippen molar-refractivity contribution < 1.29 is 90.7 Å². The largest absolute Gasteiger partial charge is 0.511 e. The van der Waals surface area contributed by atoms with Crippen LogP contribution in [0.5, 0.6) is 0 Å². The molecule has 0 rings (SSSR count). The van der Waals surface area contributed by atoms with Crippen LogP contribution >= 0.6 is 0 Å². The molecular formula is C10H3F15O5. The Labute approximate surface area is 151 Å². The number of hydrogen-bond donors (Lipinski definition) is 3. The van der Waals surface area contributed by atoms with Crippen molar-refractivity contribution in [2.24, 2.45) is 0 Å². The topological polar surface area (TPSA) is 87.0 Å². The van der Waals surface area contributed by atoms with Crippen LogP contribution in [0, 0.1) is 0 Å². The van der Waals surface area contributed by atoms with Gasteiger partial charge in [-0.3, -0.25) is 0 Å². The lowest BCUT2D eigenvalue weighted by molar-refractivity contribution is -0.394. The summed E-state index contributed by atoms with van der Waals surface area (Å²) < 4.78 is 195. The third-order valence-electron chi connectivity index (χ3n) is 3.04. The maximum Gasteiger partial charge on any atom is 0.511 e. The Morgan fingerprint density at radius 2 is 0.800 bits per heavy atom. The van der Waals surface area contributed by atoms with Gasteiger partial charge in [0.1, 0.15) is 0 Å². The number of ether oxygens (including phenoxy) is 1. The fourth-order valence-corrected chi connectivity index (χ4v) is 1.82. The van der Waals surface area contributed by atoms with Crippen molar-refractivity contribution in [3.63, 3.8) is 0 Å². The molecule has 0 amide bonds. The van der Waals surface area contributed by atoms with Crippen LogP contribution < -0.4 is 0 Å². The summed E-state index contributed by atoms with van der Waals surface area (Å²) in [6.07, 6.45) is -42.4. The molecule has 3 N–H and O–H groups in total. The summed E-state index contributed by atoms with van der Waals surface area (Å²) in [5, 5.41) is 25.6. The molecule has 5 nitrogen and oxygen atoms in total. The summed E-state index contributed by atoms with van der Waals surface area (Å²) in [6.45, 7) is 0. The third kappa shape index (κ3) is 4.47. The van der Waals surface area contributed by atoms with E-state index in [9.17, 15) is 70.7 Å². The number of alkyl halides is 15. The van der Waals surface area contributed by atoms with E-state index in [1.165, 1.54) is 0 Å². The van der Waals surface area contributed by atoms with Crippen molar-refractivity contribution in [1.82, 2.24) is 0 Å². The van der Waals surface area contributed by atoms with Gasteiger partial charge >= 0.3 is 37.0 Å². The van der Waals surface area contributed by atoms with E-state index in [1.54, 1.807) is 0 Å². The van der Waals surface area contributed by atoms with Gasteiger partial charge in [0.25, 0.3) is 11.2 Å². The maximum absolute atomic E-state index is 12.8. The molecule has 0 aliphatic carbocycles. The predicted octanol–water partition coefficient (Wildman–Crippen LogP) is 4.21. The van der Waals surface area contributed by atoms with Crippen LogP contribution in [-0.4, -0.2) is 63.6 Å². The molecular weight excluding hydrogens is 485 g/mol. The van der Waals surface area contributed by atoms with Gasteiger partial charge in [-0.05, 0) is 0 Å². The van der Waals surface area contributed by atoms with Gasteiger partial charge in [0.05, 0.1) is 5.57 Å². The molecule has 0 aliphatic heterocycles. The lowest BCUT2D eigenvalue weighted by atomic mass is 9.77. The molecule has 0 aliphatic rings. The van der Waals surface area contributed by atoms with Crippen LogP contribution in [0.15, 0.2) is 11.3 Å². The van der Waals surface area contributed by atoms with Crippen molar-refractivity contribution in [3.05, 3.63) is 11.3 Å². The second-order valence-corrected chi connectivity index (χ2v) is 4.98. The van der Waals surface area contributed by atoms with E-state index in [0.29, 0.717) is 0 Å². The number of carboxylic acid groups (broad SMARTS) is 1. The quantitative estimate of drug-likeness (QED) is 0.315. The van der Waals surface area contributed by atoms with Gasteiger partial charge in [-0.2, -0.15) is 65.9 Å². The van der Waals surface area contributed by atoms with E-state index in [-0.39, 0.29) is 0 Å². The Bertz CT molecular complexity index is 621. The summed E-state index contributed by atoms with van der Waals surface area (Å²) in [7, 11) is 0. The summed E-state index contributed by atoms with van der Waals surface area (Å²) >= 11 is 0. The standard InChI is InChI=1S/C10H3F15O5/c11-6(12,13)2(30-3(26)27)1(4(28,7(14,15)16)8(17,18)19)5(29,9(20,21)22)10(23,24)25/h28-29H,(H,26,27). The van der Waals surface area contributed by atoms with Gasteiger partial charge in [-0.15, -0.1) is 0 Å². The SMILES string of the molecule is O=C(O)OC(=C(C(O)(C(F)(F)F)C(F)(F)F)C(O)(C(F)(F)F)C(F)(F)F)C(F)(F)F. The number of aliphatic hydroxyl groups is 2. The molecule has 0 unspecified atom stereocenters. The van der Waals surface area contributed by atoms with Crippen LogP contribution in [0.25, 0.3) is 0 Å². The van der Waals surface area contributed by atoms with E-state index in [4.69, 9.17) is 15.3 Å². The Hall–Kier alpha value is -2.12. The number of rotatable bonds is 3. The molecule has 0 saturated carbocycles. The van der Waals surface area contributed by atoms with Crippen LogP contribution in [-0.2, 0) is 4.74 Å². The summed E-state index contributed by atoms with van der Waals surface area (Å²) in [5.74, 6) is -4.79. The minimum atomic E-state index is -7.87. The lowest BCUT2D eigenvalue weighted by Gasteiger charge is -2.43. The highest BCUT2D eigenvalue weighted by Gasteiger charge is 2.85. The molecule has 0 aromatic carbocycles. The zero-order valence-corrected chi connectivity index (χ0v) is 12.8. The summed E-state index contributed by atoms with van der Waals surface area (Å²) in [4.78, 5) is 10.2. The zero-order chi connectivity index (χ0) is 24.9. The molecule has 0 atom stereocenters. The molecule has 0 aromatic heterocycles. The van der Waals surface area contributed by atoms with Gasteiger partial charge in [-0.25, -0.2) is 4.79 Å². The molecule has 0 aromatic rings. The second kappa shape index (κ2) is 7.24. The molecule has 0 spiro atoms. The maximum atomic E-state index is 12.8. The molecule has 0 bridgehead atoms. The van der Waals surface area contributed by atoms with Crippen molar-refractivity contribution in [3.8, 4) is 0 Å². The first-order chi connectivity index (χ1) is 12.7. The first-order valence-electron chi connectivity index (χ1n) is 6.12. The van der Waals surface area contributed by atoms with E-state index in [2.05, 4.69) is 4.74 Å². The van der Waals surface area contributed by atoms with Gasteiger partial charge in [-0.1, -0.05) is 0 Å². The van der Waals surface area contributed by atoms with E-state index >= 15 is 0 Å².